The average Bonchev–Trinajstić information content (AvgIpc) is 2.48. The molecule has 2 N–H and O–H groups in total. The van der Waals surface area contributed by atoms with E-state index >= 15 is 0 Å². The van der Waals surface area contributed by atoms with Gasteiger partial charge in [0, 0.05) is 25.6 Å². The molecule has 2 atom stereocenters. The lowest BCUT2D eigenvalue weighted by molar-refractivity contribution is -0.153. The van der Waals surface area contributed by atoms with E-state index in [0.717, 1.165) is 26.1 Å². The highest BCUT2D eigenvalue weighted by atomic mass is 35.5. The lowest BCUT2D eigenvalue weighted by Gasteiger charge is -2.39. The third kappa shape index (κ3) is 1.62. The van der Waals surface area contributed by atoms with Crippen molar-refractivity contribution in [3.05, 3.63) is 0 Å². The molecule has 0 amide bonds. The van der Waals surface area contributed by atoms with Crippen molar-refractivity contribution in [1.29, 1.82) is 0 Å². The zero-order chi connectivity index (χ0) is 9.47. The van der Waals surface area contributed by atoms with Gasteiger partial charge in [-0.15, -0.1) is 12.4 Å². The largest absolute Gasteiger partial charge is 0.481 e. The summed E-state index contributed by atoms with van der Waals surface area (Å²) in [7, 11) is 2.06. The molecule has 0 bridgehead atoms. The lowest BCUT2D eigenvalue weighted by atomic mass is 9.73. The van der Waals surface area contributed by atoms with Gasteiger partial charge in [-0.2, -0.15) is 0 Å². The Kier molecular flexibility index (Phi) is 3.40. The molecule has 0 aromatic rings. The first kappa shape index (κ1) is 11.8. The van der Waals surface area contributed by atoms with Gasteiger partial charge in [0.15, 0.2) is 0 Å². The molecule has 0 radical (unpaired) electrons. The molecule has 2 aliphatic heterocycles. The van der Waals surface area contributed by atoms with Crippen molar-refractivity contribution in [2.45, 2.75) is 6.42 Å². The van der Waals surface area contributed by atoms with Gasteiger partial charge in [0.2, 0.25) is 0 Å². The topological polar surface area (TPSA) is 52.6 Å². The van der Waals surface area contributed by atoms with Crippen LogP contribution in [0.25, 0.3) is 0 Å². The summed E-state index contributed by atoms with van der Waals surface area (Å²) in [4.78, 5) is 13.4. The monoisotopic (exact) mass is 220 g/mol. The number of fused-ring (bicyclic) bond motifs is 1. The molecular weight excluding hydrogens is 204 g/mol. The van der Waals surface area contributed by atoms with Crippen LogP contribution >= 0.6 is 12.4 Å². The minimum atomic E-state index is -0.615. The molecular formula is C9H17ClN2O2. The molecule has 2 rings (SSSR count). The fourth-order valence-electron chi connectivity index (χ4n) is 2.56. The van der Waals surface area contributed by atoms with E-state index in [-0.39, 0.29) is 12.4 Å². The molecule has 5 heteroatoms. The zero-order valence-electron chi connectivity index (χ0n) is 8.32. The van der Waals surface area contributed by atoms with Crippen LogP contribution in [-0.4, -0.2) is 49.2 Å². The summed E-state index contributed by atoms with van der Waals surface area (Å²) in [6, 6.07) is 0. The maximum atomic E-state index is 11.2. The third-order valence-corrected chi connectivity index (χ3v) is 3.51. The lowest BCUT2D eigenvalue weighted by Crippen LogP contribution is -2.49. The number of hydrogen-bond acceptors (Lipinski definition) is 3. The van der Waals surface area contributed by atoms with E-state index in [4.69, 9.17) is 0 Å². The molecule has 0 aromatic heterocycles. The van der Waals surface area contributed by atoms with Gasteiger partial charge in [0.1, 0.15) is 0 Å². The van der Waals surface area contributed by atoms with E-state index < -0.39 is 11.4 Å². The first-order valence-corrected chi connectivity index (χ1v) is 4.78. The number of carbonyl (C=O) groups is 1. The van der Waals surface area contributed by atoms with Crippen LogP contribution in [0.3, 0.4) is 0 Å². The molecule has 0 saturated carbocycles. The molecule has 82 valence electrons. The second-order valence-corrected chi connectivity index (χ2v) is 4.30. The Bertz CT molecular complexity index is 237. The van der Waals surface area contributed by atoms with E-state index in [0.29, 0.717) is 12.5 Å². The number of nitrogens with one attached hydrogen (secondary N) is 1. The van der Waals surface area contributed by atoms with Crippen LogP contribution < -0.4 is 5.32 Å². The third-order valence-electron chi connectivity index (χ3n) is 3.51. The Labute approximate surface area is 90.1 Å². The van der Waals surface area contributed by atoms with Crippen molar-refractivity contribution in [2.24, 2.45) is 11.3 Å². The summed E-state index contributed by atoms with van der Waals surface area (Å²) in [5.74, 6) is -0.320. The second-order valence-electron chi connectivity index (χ2n) is 4.30. The molecule has 0 aromatic carbocycles. The highest BCUT2D eigenvalue weighted by Crippen LogP contribution is 2.38. The summed E-state index contributed by atoms with van der Waals surface area (Å²) in [5.41, 5.74) is -0.466. The van der Waals surface area contributed by atoms with Crippen LogP contribution in [0.2, 0.25) is 0 Å². The Hall–Kier alpha value is -0.320. The fraction of sp³-hybridized carbons (Fsp3) is 0.889. The summed E-state index contributed by atoms with van der Waals surface area (Å²) < 4.78 is 0. The normalized spacial score (nSPS) is 37.4. The number of halogens is 1. The van der Waals surface area contributed by atoms with Crippen molar-refractivity contribution < 1.29 is 9.90 Å². The first-order valence-electron chi connectivity index (χ1n) is 4.78. The Balaban J connectivity index is 0.000000980. The van der Waals surface area contributed by atoms with Gasteiger partial charge >= 0.3 is 5.97 Å². The highest BCUT2D eigenvalue weighted by Gasteiger charge is 2.51. The van der Waals surface area contributed by atoms with Gasteiger partial charge < -0.3 is 15.3 Å². The van der Waals surface area contributed by atoms with E-state index in [2.05, 4.69) is 17.3 Å². The number of carboxylic acids is 1. The summed E-state index contributed by atoms with van der Waals surface area (Å²) >= 11 is 0. The number of carboxylic acid groups (broad SMARTS) is 1. The molecule has 14 heavy (non-hydrogen) atoms. The molecule has 2 aliphatic rings. The summed E-state index contributed by atoms with van der Waals surface area (Å²) in [6.45, 7) is 3.33. The molecule has 2 heterocycles. The summed E-state index contributed by atoms with van der Waals surface area (Å²) in [6.07, 6.45) is 0.788. The number of likely N-dealkylation sites (tertiary alicyclic amines) is 1. The maximum absolute atomic E-state index is 11.2. The van der Waals surface area contributed by atoms with Crippen LogP contribution in [-0.2, 0) is 4.79 Å². The number of hydrogen-bond donors (Lipinski definition) is 2. The Morgan fingerprint density at radius 3 is 3.00 bits per heavy atom. The van der Waals surface area contributed by atoms with Crippen molar-refractivity contribution >= 4 is 18.4 Å². The molecule has 0 spiro atoms. The van der Waals surface area contributed by atoms with Gasteiger partial charge in [0.05, 0.1) is 5.41 Å². The molecule has 4 nitrogen and oxygen atoms in total. The minimum Gasteiger partial charge on any atom is -0.481 e. The van der Waals surface area contributed by atoms with Gasteiger partial charge in [-0.25, -0.2) is 0 Å². The fourth-order valence-corrected chi connectivity index (χ4v) is 2.56. The Morgan fingerprint density at radius 2 is 2.36 bits per heavy atom. The smallest absolute Gasteiger partial charge is 0.311 e. The zero-order valence-corrected chi connectivity index (χ0v) is 9.14. The van der Waals surface area contributed by atoms with Crippen LogP contribution in [0.1, 0.15) is 6.42 Å². The average molecular weight is 221 g/mol. The maximum Gasteiger partial charge on any atom is 0.311 e. The van der Waals surface area contributed by atoms with E-state index in [1.54, 1.807) is 0 Å². The predicted molar refractivity (Wildman–Crippen MR) is 55.8 cm³/mol. The minimum absolute atomic E-state index is 0. The van der Waals surface area contributed by atoms with E-state index in [1.165, 1.54) is 0 Å². The SMILES string of the molecule is CN1CC[C@]2(C(=O)O)CNC[C@@H]2C1.Cl. The Morgan fingerprint density at radius 1 is 1.64 bits per heavy atom. The molecule has 2 saturated heterocycles. The van der Waals surface area contributed by atoms with Crippen molar-refractivity contribution in [3.63, 3.8) is 0 Å². The molecule has 2 fully saturated rings. The van der Waals surface area contributed by atoms with E-state index in [9.17, 15) is 9.90 Å². The predicted octanol–water partition coefficient (Wildman–Crippen LogP) is 0.0341. The van der Waals surface area contributed by atoms with Crippen LogP contribution in [0, 0.1) is 11.3 Å². The molecule has 0 unspecified atom stereocenters. The first-order chi connectivity index (χ1) is 6.15. The number of rotatable bonds is 1. The van der Waals surface area contributed by atoms with Crippen LogP contribution in [0.4, 0.5) is 0 Å². The van der Waals surface area contributed by atoms with Gasteiger partial charge in [0.25, 0.3) is 0 Å². The van der Waals surface area contributed by atoms with Crippen molar-refractivity contribution in [2.75, 3.05) is 33.2 Å². The van der Waals surface area contributed by atoms with Crippen molar-refractivity contribution in [3.8, 4) is 0 Å². The number of piperidine rings is 1. The van der Waals surface area contributed by atoms with Gasteiger partial charge in [-0.1, -0.05) is 0 Å². The quantitative estimate of drug-likeness (QED) is 0.655. The number of nitrogens with zero attached hydrogens (tertiary/aromatic N) is 1. The van der Waals surface area contributed by atoms with E-state index in [1.807, 2.05) is 0 Å². The second kappa shape index (κ2) is 4.04. The standard InChI is InChI=1S/C9H16N2O2.ClH/c1-11-3-2-9(8(12)13)6-10-4-7(9)5-11;/h7,10H,2-6H2,1H3,(H,12,13);1H/t7-,9+;/m1./s1. The number of aliphatic carboxylic acids is 1. The van der Waals surface area contributed by atoms with Crippen molar-refractivity contribution in [1.82, 2.24) is 10.2 Å². The highest BCUT2D eigenvalue weighted by molar-refractivity contribution is 5.85. The van der Waals surface area contributed by atoms with Gasteiger partial charge in [-0.3, -0.25) is 4.79 Å². The van der Waals surface area contributed by atoms with Gasteiger partial charge in [-0.05, 0) is 20.0 Å². The summed E-state index contributed by atoms with van der Waals surface area (Å²) in [5, 5.41) is 12.4. The molecule has 0 aliphatic carbocycles. The van der Waals surface area contributed by atoms with Crippen LogP contribution in [0.15, 0.2) is 0 Å². The van der Waals surface area contributed by atoms with Crippen LogP contribution in [0.5, 0.6) is 0 Å².